The van der Waals surface area contributed by atoms with Crippen molar-refractivity contribution in [3.8, 4) is 33.4 Å². The summed E-state index contributed by atoms with van der Waals surface area (Å²) in [5.41, 5.74) is 18.1. The van der Waals surface area contributed by atoms with E-state index in [0.717, 1.165) is 29.8 Å². The molecule has 0 N–H and O–H groups in total. The van der Waals surface area contributed by atoms with E-state index in [1.807, 2.05) is 17.4 Å². The highest BCUT2D eigenvalue weighted by atomic mass is 32.1. The zero-order valence-corrected chi connectivity index (χ0v) is 33.4. The van der Waals surface area contributed by atoms with Crippen LogP contribution in [-0.2, 0) is 10.8 Å². The molecule has 2 heteroatoms. The van der Waals surface area contributed by atoms with Gasteiger partial charge in [-0.25, -0.2) is 0 Å². The molecule has 1 heterocycles. The minimum Gasteiger partial charge on any atom is -0.317 e. The van der Waals surface area contributed by atoms with E-state index in [9.17, 15) is 0 Å². The Bertz CT molecular complexity index is 2870. The van der Waals surface area contributed by atoms with Gasteiger partial charge in [-0.3, -0.25) is 0 Å². The molecule has 0 radical (unpaired) electrons. The zero-order chi connectivity index (χ0) is 38.2. The molecule has 3 aliphatic carbocycles. The summed E-state index contributed by atoms with van der Waals surface area (Å²) in [7, 11) is 0. The normalized spacial score (nSPS) is 16.1. The monoisotopic (exact) mass is 739 g/mol. The minimum atomic E-state index is -0.0896. The predicted molar refractivity (Wildman–Crippen MR) is 242 cm³/mol. The van der Waals surface area contributed by atoms with Gasteiger partial charge in [0.05, 0.1) is 0 Å². The molecule has 10 rings (SSSR count). The largest absolute Gasteiger partial charge is 0.317 e. The summed E-state index contributed by atoms with van der Waals surface area (Å²) in [6, 6.07) is 45.6. The Morgan fingerprint density at radius 1 is 0.625 bits per heavy atom. The van der Waals surface area contributed by atoms with Gasteiger partial charge in [0.2, 0.25) is 0 Å². The average molecular weight is 740 g/mol. The summed E-state index contributed by atoms with van der Waals surface area (Å²) in [6.45, 7) is 13.5. The van der Waals surface area contributed by atoms with E-state index in [2.05, 4.69) is 197 Å². The van der Waals surface area contributed by atoms with Crippen molar-refractivity contribution in [2.24, 2.45) is 0 Å². The molecular weight excluding hydrogens is 695 g/mol. The molecule has 0 aliphatic heterocycles. The fourth-order valence-corrected chi connectivity index (χ4v) is 11.0. The number of allylic oxidation sites excluding steroid dienone is 8. The van der Waals surface area contributed by atoms with Gasteiger partial charge in [0.15, 0.2) is 0 Å². The molecule has 0 fully saturated rings. The van der Waals surface area contributed by atoms with Crippen LogP contribution in [0, 0.1) is 0 Å². The highest BCUT2D eigenvalue weighted by Gasteiger charge is 2.37. The number of benzene rings is 6. The van der Waals surface area contributed by atoms with Crippen LogP contribution in [0.4, 0.5) is 11.4 Å². The molecule has 0 saturated heterocycles. The molecule has 0 atom stereocenters. The van der Waals surface area contributed by atoms with Gasteiger partial charge in [0.1, 0.15) is 0 Å². The average Bonchev–Trinajstić information content (AvgIpc) is 3.81. The summed E-state index contributed by atoms with van der Waals surface area (Å²) in [5.74, 6) is 0. The summed E-state index contributed by atoms with van der Waals surface area (Å²) in [5, 5.41) is 2.68. The van der Waals surface area contributed by atoms with Gasteiger partial charge in [-0.1, -0.05) is 162 Å². The smallest absolute Gasteiger partial charge is 0.0458 e. The standard InChI is InChI=1S/C54H45NS/c1-6-15-35(36-16-8-7-9-17-36)32-33-55(39-28-29-42-41-18-10-12-22-46(41)54(4,5)49(42)34-39)38-26-24-37(25-27-38)40-20-14-21-43-44-30-31-48-50(52(44)56-51(40)43)45-19-11-13-23-47(45)53(48,2)3/h6,8,10-34H,1,7,9H2,2-5H3/b33-32-,35-15+. The van der Waals surface area contributed by atoms with Crippen LogP contribution >= 0.6 is 11.3 Å². The quantitative estimate of drug-likeness (QED) is 0.147. The van der Waals surface area contributed by atoms with Crippen molar-refractivity contribution in [1.82, 2.24) is 0 Å². The van der Waals surface area contributed by atoms with Gasteiger partial charge < -0.3 is 4.90 Å². The molecule has 1 nitrogen and oxygen atoms in total. The van der Waals surface area contributed by atoms with Crippen LogP contribution in [0.25, 0.3) is 53.6 Å². The number of thiophene rings is 1. The molecule has 0 amide bonds. The highest BCUT2D eigenvalue weighted by Crippen LogP contribution is 2.55. The number of fused-ring (bicyclic) bond motifs is 10. The minimum absolute atomic E-state index is 0.0138. The van der Waals surface area contributed by atoms with E-state index in [1.165, 1.54) is 81.4 Å². The third-order valence-corrected chi connectivity index (χ3v) is 13.8. The van der Waals surface area contributed by atoms with Gasteiger partial charge in [0.25, 0.3) is 0 Å². The maximum Gasteiger partial charge on any atom is 0.0458 e. The molecule has 0 unspecified atom stereocenters. The molecule has 56 heavy (non-hydrogen) atoms. The SMILES string of the molecule is C=C/C=C(\C=C/N(c1ccc(-c2cccc3c2sc2c4c(ccc23)C(C)(C)c2ccccc2-4)cc1)c1ccc2c(c1)C(C)(C)c1ccccc1-2)C1=CCCC=C1. The molecule has 3 aliphatic rings. The van der Waals surface area contributed by atoms with Gasteiger partial charge >= 0.3 is 0 Å². The molecule has 6 aromatic carbocycles. The lowest BCUT2D eigenvalue weighted by Gasteiger charge is -2.26. The van der Waals surface area contributed by atoms with E-state index < -0.39 is 0 Å². The Morgan fingerprint density at radius 3 is 2.07 bits per heavy atom. The first-order valence-electron chi connectivity index (χ1n) is 19.9. The number of nitrogens with zero attached hydrogens (tertiary/aromatic N) is 1. The van der Waals surface area contributed by atoms with Crippen molar-refractivity contribution in [2.45, 2.75) is 51.4 Å². The fourth-order valence-electron chi connectivity index (χ4n) is 9.59. The fraction of sp³-hybridized carbons (Fsp3) is 0.148. The van der Waals surface area contributed by atoms with E-state index >= 15 is 0 Å². The topological polar surface area (TPSA) is 3.24 Å². The predicted octanol–water partition coefficient (Wildman–Crippen LogP) is 15.4. The van der Waals surface area contributed by atoms with Crippen LogP contribution in [0.2, 0.25) is 0 Å². The van der Waals surface area contributed by atoms with E-state index in [1.54, 1.807) is 0 Å². The second-order valence-electron chi connectivity index (χ2n) is 16.4. The molecule has 0 saturated carbocycles. The van der Waals surface area contributed by atoms with Gasteiger partial charge in [-0.15, -0.1) is 11.3 Å². The molecule has 7 aromatic rings. The number of rotatable bonds is 7. The molecule has 1 aromatic heterocycles. The lowest BCUT2D eigenvalue weighted by molar-refractivity contribution is 0.660. The molecule has 272 valence electrons. The van der Waals surface area contributed by atoms with Gasteiger partial charge in [0, 0.05) is 54.1 Å². The maximum absolute atomic E-state index is 4.05. The Morgan fingerprint density at radius 2 is 1.30 bits per heavy atom. The van der Waals surface area contributed by atoms with Gasteiger partial charge in [-0.2, -0.15) is 0 Å². The highest BCUT2D eigenvalue weighted by molar-refractivity contribution is 7.27. The first-order chi connectivity index (χ1) is 27.3. The van der Waals surface area contributed by atoms with Crippen molar-refractivity contribution >= 4 is 42.9 Å². The van der Waals surface area contributed by atoms with Gasteiger partial charge in [-0.05, 0) is 104 Å². The van der Waals surface area contributed by atoms with Crippen molar-refractivity contribution in [2.75, 3.05) is 4.90 Å². The summed E-state index contributed by atoms with van der Waals surface area (Å²) < 4.78 is 2.74. The maximum atomic E-state index is 4.05. The Hall–Kier alpha value is -5.96. The summed E-state index contributed by atoms with van der Waals surface area (Å²) >= 11 is 1.95. The van der Waals surface area contributed by atoms with E-state index in [4.69, 9.17) is 0 Å². The first-order valence-corrected chi connectivity index (χ1v) is 20.7. The Balaban J connectivity index is 1.08. The third kappa shape index (κ3) is 5.27. The van der Waals surface area contributed by atoms with Crippen LogP contribution < -0.4 is 4.90 Å². The zero-order valence-electron chi connectivity index (χ0n) is 32.6. The van der Waals surface area contributed by atoms with Crippen molar-refractivity contribution in [3.05, 3.63) is 204 Å². The van der Waals surface area contributed by atoms with E-state index in [0.29, 0.717) is 0 Å². The lowest BCUT2D eigenvalue weighted by Crippen LogP contribution is -2.16. The van der Waals surface area contributed by atoms with Crippen molar-refractivity contribution < 1.29 is 0 Å². The van der Waals surface area contributed by atoms with Crippen LogP contribution in [0.1, 0.15) is 62.8 Å². The molecular formula is C54H45NS. The number of hydrogen-bond donors (Lipinski definition) is 0. The van der Waals surface area contributed by atoms with Crippen LogP contribution in [0.15, 0.2) is 182 Å². The number of hydrogen-bond acceptors (Lipinski definition) is 2. The lowest BCUT2D eigenvalue weighted by atomic mass is 9.82. The summed E-state index contributed by atoms with van der Waals surface area (Å²) in [4.78, 5) is 2.34. The third-order valence-electron chi connectivity index (χ3n) is 12.5. The summed E-state index contributed by atoms with van der Waals surface area (Å²) in [6.07, 6.45) is 17.4. The Kier molecular flexibility index (Phi) is 8.06. The van der Waals surface area contributed by atoms with Crippen LogP contribution in [-0.4, -0.2) is 0 Å². The van der Waals surface area contributed by atoms with Crippen LogP contribution in [0.3, 0.4) is 0 Å². The van der Waals surface area contributed by atoms with E-state index in [-0.39, 0.29) is 10.8 Å². The first kappa shape index (κ1) is 34.5. The molecule has 0 spiro atoms. The second-order valence-corrected chi connectivity index (χ2v) is 17.5. The Labute approximate surface area is 335 Å². The van der Waals surface area contributed by atoms with Crippen molar-refractivity contribution in [1.29, 1.82) is 0 Å². The number of anilines is 2. The molecule has 0 bridgehead atoms. The van der Waals surface area contributed by atoms with Crippen molar-refractivity contribution in [3.63, 3.8) is 0 Å². The second kappa shape index (κ2) is 13.1. The van der Waals surface area contributed by atoms with Crippen LogP contribution in [0.5, 0.6) is 0 Å².